The average molecular weight is 292 g/mol. The van der Waals surface area contributed by atoms with Crippen LogP contribution >= 0.6 is 11.8 Å². The highest BCUT2D eigenvalue weighted by Gasteiger charge is 2.36. The van der Waals surface area contributed by atoms with Crippen molar-refractivity contribution in [2.45, 2.75) is 74.5 Å². The van der Waals surface area contributed by atoms with Gasteiger partial charge in [-0.2, -0.15) is 0 Å². The first-order valence-electron chi connectivity index (χ1n) is 8.16. The monoisotopic (exact) mass is 292 g/mol. The molecule has 0 aromatic carbocycles. The molecule has 1 aromatic heterocycles. The fourth-order valence-electron chi connectivity index (χ4n) is 3.41. The SMILES string of the molecule is NC1CCCC1CCSc1nnc(C2CC2)n1C1CC1. The van der Waals surface area contributed by atoms with Gasteiger partial charge in [0.25, 0.3) is 0 Å². The Labute approximate surface area is 124 Å². The zero-order valence-corrected chi connectivity index (χ0v) is 12.8. The highest BCUT2D eigenvalue weighted by molar-refractivity contribution is 7.99. The van der Waals surface area contributed by atoms with Gasteiger partial charge in [0.2, 0.25) is 0 Å². The Balaban J connectivity index is 1.38. The summed E-state index contributed by atoms with van der Waals surface area (Å²) in [5.74, 6) is 3.87. The number of nitrogens with zero attached hydrogens (tertiary/aromatic N) is 3. The van der Waals surface area contributed by atoms with E-state index in [0.29, 0.717) is 18.0 Å². The largest absolute Gasteiger partial charge is 0.327 e. The standard InChI is InChI=1S/C15H24N4S/c16-13-3-1-2-10(13)8-9-20-15-18-17-14(11-4-5-11)19(15)12-6-7-12/h10-13H,1-9,16H2. The number of thioether (sulfide) groups is 1. The molecule has 2 unspecified atom stereocenters. The Morgan fingerprint density at radius 1 is 1.10 bits per heavy atom. The Bertz CT molecular complexity index is 478. The van der Waals surface area contributed by atoms with Gasteiger partial charge in [0.05, 0.1) is 0 Å². The molecule has 2 N–H and O–H groups in total. The average Bonchev–Trinajstić information content (AvgIpc) is 3.37. The molecule has 3 aliphatic carbocycles. The van der Waals surface area contributed by atoms with Crippen molar-refractivity contribution in [3.63, 3.8) is 0 Å². The van der Waals surface area contributed by atoms with Crippen molar-refractivity contribution in [1.29, 1.82) is 0 Å². The third-order valence-electron chi connectivity index (χ3n) is 4.98. The second-order valence-corrected chi connectivity index (χ2v) is 7.77. The van der Waals surface area contributed by atoms with Crippen LogP contribution in [-0.4, -0.2) is 26.6 Å². The summed E-state index contributed by atoms with van der Waals surface area (Å²) in [5, 5.41) is 10.1. The van der Waals surface area contributed by atoms with E-state index in [1.165, 1.54) is 62.3 Å². The van der Waals surface area contributed by atoms with Crippen molar-refractivity contribution >= 4 is 11.8 Å². The fourth-order valence-corrected chi connectivity index (χ4v) is 4.49. The zero-order valence-electron chi connectivity index (χ0n) is 12.0. The maximum absolute atomic E-state index is 6.16. The van der Waals surface area contributed by atoms with Gasteiger partial charge >= 0.3 is 0 Å². The molecule has 4 nitrogen and oxygen atoms in total. The van der Waals surface area contributed by atoms with E-state index < -0.39 is 0 Å². The van der Waals surface area contributed by atoms with Crippen LogP contribution in [0.3, 0.4) is 0 Å². The molecule has 20 heavy (non-hydrogen) atoms. The molecule has 0 bridgehead atoms. The smallest absolute Gasteiger partial charge is 0.191 e. The molecule has 3 aliphatic rings. The van der Waals surface area contributed by atoms with Crippen LogP contribution in [0.4, 0.5) is 0 Å². The van der Waals surface area contributed by atoms with Gasteiger partial charge in [0.15, 0.2) is 5.16 Å². The molecule has 0 spiro atoms. The number of aromatic nitrogens is 3. The van der Waals surface area contributed by atoms with E-state index in [-0.39, 0.29) is 0 Å². The van der Waals surface area contributed by atoms with Crippen LogP contribution in [0.2, 0.25) is 0 Å². The van der Waals surface area contributed by atoms with Gasteiger partial charge in [-0.05, 0) is 50.9 Å². The number of hydrogen-bond donors (Lipinski definition) is 1. The van der Waals surface area contributed by atoms with E-state index in [9.17, 15) is 0 Å². The van der Waals surface area contributed by atoms with Crippen LogP contribution in [-0.2, 0) is 0 Å². The lowest BCUT2D eigenvalue weighted by Gasteiger charge is -2.14. The lowest BCUT2D eigenvalue weighted by atomic mass is 10.0. The second-order valence-electron chi connectivity index (χ2n) is 6.71. The van der Waals surface area contributed by atoms with Crippen LogP contribution in [0.1, 0.15) is 69.2 Å². The summed E-state index contributed by atoms with van der Waals surface area (Å²) >= 11 is 1.90. The summed E-state index contributed by atoms with van der Waals surface area (Å²) in [6, 6.07) is 1.15. The molecule has 110 valence electrons. The van der Waals surface area contributed by atoms with Gasteiger partial charge in [-0.25, -0.2) is 0 Å². The fraction of sp³-hybridized carbons (Fsp3) is 0.867. The molecule has 0 aliphatic heterocycles. The predicted molar refractivity (Wildman–Crippen MR) is 80.9 cm³/mol. The molecule has 3 fully saturated rings. The van der Waals surface area contributed by atoms with Crippen LogP contribution in [0.15, 0.2) is 5.16 Å². The quantitative estimate of drug-likeness (QED) is 0.819. The Morgan fingerprint density at radius 2 is 1.95 bits per heavy atom. The lowest BCUT2D eigenvalue weighted by Crippen LogP contribution is -2.24. The van der Waals surface area contributed by atoms with Gasteiger partial charge in [0.1, 0.15) is 5.82 Å². The molecule has 0 amide bonds. The highest BCUT2D eigenvalue weighted by atomic mass is 32.2. The van der Waals surface area contributed by atoms with E-state index >= 15 is 0 Å². The van der Waals surface area contributed by atoms with E-state index in [2.05, 4.69) is 14.8 Å². The van der Waals surface area contributed by atoms with Gasteiger partial charge < -0.3 is 10.3 Å². The van der Waals surface area contributed by atoms with Crippen LogP contribution < -0.4 is 5.73 Å². The molecule has 1 aromatic rings. The van der Waals surface area contributed by atoms with E-state index in [4.69, 9.17) is 5.73 Å². The number of hydrogen-bond acceptors (Lipinski definition) is 4. The Hall–Kier alpha value is -0.550. The van der Waals surface area contributed by atoms with E-state index in [1.54, 1.807) is 0 Å². The summed E-state index contributed by atoms with van der Waals surface area (Å²) in [7, 11) is 0. The summed E-state index contributed by atoms with van der Waals surface area (Å²) in [6.45, 7) is 0. The number of rotatable bonds is 6. The van der Waals surface area contributed by atoms with Gasteiger partial charge in [0, 0.05) is 23.8 Å². The maximum atomic E-state index is 6.16. The first kappa shape index (κ1) is 13.1. The van der Waals surface area contributed by atoms with Gasteiger partial charge in [-0.3, -0.25) is 0 Å². The van der Waals surface area contributed by atoms with Gasteiger partial charge in [-0.1, -0.05) is 18.2 Å². The maximum Gasteiger partial charge on any atom is 0.191 e. The van der Waals surface area contributed by atoms with Crippen molar-refractivity contribution in [1.82, 2.24) is 14.8 Å². The Morgan fingerprint density at radius 3 is 2.60 bits per heavy atom. The highest BCUT2D eigenvalue weighted by Crippen LogP contribution is 2.46. The van der Waals surface area contributed by atoms with Crippen molar-refractivity contribution < 1.29 is 0 Å². The summed E-state index contributed by atoms with van der Waals surface area (Å²) in [5.41, 5.74) is 6.16. The molecule has 2 atom stereocenters. The summed E-state index contributed by atoms with van der Waals surface area (Å²) in [4.78, 5) is 0. The molecule has 5 heteroatoms. The van der Waals surface area contributed by atoms with Crippen molar-refractivity contribution in [3.8, 4) is 0 Å². The van der Waals surface area contributed by atoms with Crippen molar-refractivity contribution in [3.05, 3.63) is 5.82 Å². The molecule has 3 saturated carbocycles. The van der Waals surface area contributed by atoms with Crippen LogP contribution in [0, 0.1) is 5.92 Å². The minimum atomic E-state index is 0.443. The lowest BCUT2D eigenvalue weighted by molar-refractivity contribution is 0.470. The van der Waals surface area contributed by atoms with Crippen molar-refractivity contribution in [2.75, 3.05) is 5.75 Å². The topological polar surface area (TPSA) is 56.7 Å². The predicted octanol–water partition coefficient (Wildman–Crippen LogP) is 3.10. The third kappa shape index (κ3) is 2.62. The molecule has 0 saturated heterocycles. The normalized spacial score (nSPS) is 30.1. The van der Waals surface area contributed by atoms with E-state index in [0.717, 1.165) is 11.7 Å². The first-order valence-corrected chi connectivity index (χ1v) is 9.14. The van der Waals surface area contributed by atoms with Gasteiger partial charge in [-0.15, -0.1) is 10.2 Å². The summed E-state index contributed by atoms with van der Waals surface area (Å²) in [6.07, 6.45) is 10.4. The molecule has 4 rings (SSSR count). The minimum Gasteiger partial charge on any atom is -0.327 e. The third-order valence-corrected chi connectivity index (χ3v) is 5.96. The minimum absolute atomic E-state index is 0.443. The second kappa shape index (κ2) is 5.34. The Kier molecular flexibility index (Phi) is 3.50. The molecule has 1 heterocycles. The number of nitrogens with two attached hydrogens (primary N) is 1. The van der Waals surface area contributed by atoms with Crippen LogP contribution in [0.5, 0.6) is 0 Å². The van der Waals surface area contributed by atoms with Crippen LogP contribution in [0.25, 0.3) is 0 Å². The summed E-state index contributed by atoms with van der Waals surface area (Å²) < 4.78 is 2.46. The molecular formula is C15H24N4S. The molecular weight excluding hydrogens is 268 g/mol. The van der Waals surface area contributed by atoms with E-state index in [1.807, 2.05) is 11.8 Å². The van der Waals surface area contributed by atoms with Crippen molar-refractivity contribution in [2.24, 2.45) is 11.7 Å². The zero-order chi connectivity index (χ0) is 13.5. The first-order chi connectivity index (χ1) is 9.83. The molecule has 0 radical (unpaired) electrons.